The van der Waals surface area contributed by atoms with Gasteiger partial charge in [-0.3, -0.25) is 9.69 Å². The van der Waals surface area contributed by atoms with Crippen LogP contribution in [0.5, 0.6) is 11.5 Å². The molecular weight excluding hydrogens is 573 g/mol. The van der Waals surface area contributed by atoms with E-state index in [2.05, 4.69) is 26.3 Å². The molecule has 0 bridgehead atoms. The first-order valence-corrected chi connectivity index (χ1v) is 15.1. The van der Waals surface area contributed by atoms with Crippen LogP contribution in [0.1, 0.15) is 26.7 Å². The number of fused-ring (bicyclic) bond motifs is 1. The minimum atomic E-state index is -0.535. The van der Waals surface area contributed by atoms with Gasteiger partial charge in [-0.25, -0.2) is 19.0 Å². The number of hydrogen-bond donors (Lipinski definition) is 2. The van der Waals surface area contributed by atoms with E-state index < -0.39 is 11.4 Å². The summed E-state index contributed by atoms with van der Waals surface area (Å²) >= 11 is 0. The molecule has 0 spiro atoms. The summed E-state index contributed by atoms with van der Waals surface area (Å²) in [5.41, 5.74) is 6.93. The summed E-state index contributed by atoms with van der Waals surface area (Å²) in [7, 11) is 0. The zero-order valence-corrected chi connectivity index (χ0v) is 25.4. The second-order valence-corrected chi connectivity index (χ2v) is 11.9. The number of likely N-dealkylation sites (tertiary alicyclic amines) is 1. The van der Waals surface area contributed by atoms with Crippen LogP contribution in [-0.2, 0) is 11.3 Å². The Balaban J connectivity index is 1.28. The minimum absolute atomic E-state index is 0.128. The van der Waals surface area contributed by atoms with Gasteiger partial charge in [0.05, 0.1) is 18.0 Å². The van der Waals surface area contributed by atoms with Crippen LogP contribution in [0.3, 0.4) is 0 Å². The van der Waals surface area contributed by atoms with Crippen LogP contribution in [0.15, 0.2) is 66.5 Å². The number of halogens is 1. The van der Waals surface area contributed by atoms with Crippen LogP contribution in [0.4, 0.5) is 10.2 Å². The molecule has 1 amide bonds. The van der Waals surface area contributed by atoms with E-state index in [0.717, 1.165) is 39.0 Å². The van der Waals surface area contributed by atoms with Crippen molar-refractivity contribution in [2.24, 2.45) is 0 Å². The number of anilines is 1. The number of nitrogen functional groups attached to an aromatic ring is 1. The lowest BCUT2D eigenvalue weighted by molar-refractivity contribution is -0.127. The number of carbonyl (C=O) groups excluding carboxylic acids is 1. The van der Waals surface area contributed by atoms with E-state index in [4.69, 9.17) is 15.6 Å². The Hall–Kier alpha value is -4.86. The van der Waals surface area contributed by atoms with Gasteiger partial charge in [-0.05, 0) is 57.0 Å². The fourth-order valence-corrected chi connectivity index (χ4v) is 6.20. The fourth-order valence-electron chi connectivity index (χ4n) is 6.20. The number of nitrogens with one attached hydrogen (secondary N) is 1. The molecule has 2 aliphatic heterocycles. The highest BCUT2D eigenvalue weighted by Crippen LogP contribution is 2.35. The maximum Gasteiger partial charge on any atom is 0.264 e. The fraction of sp³-hybridized carbons (Fsp3) is 0.364. The number of carbonyl (C=O) groups is 1. The van der Waals surface area contributed by atoms with Crippen molar-refractivity contribution in [3.05, 3.63) is 72.3 Å². The molecule has 0 aliphatic carbocycles. The first kappa shape index (κ1) is 30.2. The molecule has 4 heterocycles. The lowest BCUT2D eigenvalue weighted by Crippen LogP contribution is -2.52. The Labute approximate surface area is 261 Å². The van der Waals surface area contributed by atoms with Gasteiger partial charge in [-0.1, -0.05) is 18.2 Å². The predicted molar refractivity (Wildman–Crippen MR) is 169 cm³/mol. The monoisotopic (exact) mass is 609 g/mol. The Bertz CT molecular complexity index is 1770. The number of hydrogen-bond acceptors (Lipinski definition) is 9. The van der Waals surface area contributed by atoms with Crippen LogP contribution in [-0.4, -0.2) is 79.8 Å². The Morgan fingerprint density at radius 3 is 2.67 bits per heavy atom. The molecule has 3 N–H and O–H groups in total. The molecule has 4 aromatic rings. The van der Waals surface area contributed by atoms with E-state index in [9.17, 15) is 10.1 Å². The zero-order chi connectivity index (χ0) is 31.6. The number of nitriles is 1. The summed E-state index contributed by atoms with van der Waals surface area (Å²) in [5.74, 6) is 0.279. The summed E-state index contributed by atoms with van der Waals surface area (Å²) < 4.78 is 23.0. The number of para-hydroxylation sites is 1. The molecule has 1 unspecified atom stereocenters. The van der Waals surface area contributed by atoms with E-state index in [1.807, 2.05) is 32.0 Å². The highest BCUT2D eigenvalue weighted by atomic mass is 19.1. The number of ether oxygens (including phenoxy) is 1. The van der Waals surface area contributed by atoms with Gasteiger partial charge >= 0.3 is 0 Å². The summed E-state index contributed by atoms with van der Waals surface area (Å²) in [6.45, 7) is 8.30. The van der Waals surface area contributed by atoms with Crippen molar-refractivity contribution in [1.82, 2.24) is 34.9 Å². The summed E-state index contributed by atoms with van der Waals surface area (Å²) in [5, 5.41) is 18.6. The van der Waals surface area contributed by atoms with Gasteiger partial charge in [0, 0.05) is 49.9 Å². The second-order valence-electron chi connectivity index (χ2n) is 11.9. The number of benzene rings is 2. The van der Waals surface area contributed by atoms with E-state index in [1.54, 1.807) is 39.9 Å². The average molecular weight is 610 g/mol. The topological polar surface area (TPSA) is 138 Å². The highest BCUT2D eigenvalue weighted by Gasteiger charge is 2.34. The average Bonchev–Trinajstić information content (AvgIpc) is 3.66. The quantitative estimate of drug-likeness (QED) is 0.223. The standard InChI is InChI=1S/C33H36FN9O2/c1-33(2,41-15-12-37-13-16-41)18-22(19-35)32(44)42-14-6-7-23(42)20-43-31-28(30(36)38-21-39-31)29(40-43)26-11-10-25(17-27(26)34)45-24-8-4-3-5-9-24/h3-5,8-11,17-18,21,23,37H,6-7,12-16,20H2,1-2H3,(H2,36,38,39)/b22-18-. The molecule has 12 heteroatoms. The maximum absolute atomic E-state index is 15.6. The van der Waals surface area contributed by atoms with Crippen LogP contribution in [0.2, 0.25) is 0 Å². The number of amides is 1. The molecule has 1 atom stereocenters. The number of nitrogens with zero attached hydrogens (tertiary/aromatic N) is 7. The Kier molecular flexibility index (Phi) is 8.47. The maximum atomic E-state index is 15.6. The third-order valence-electron chi connectivity index (χ3n) is 8.54. The van der Waals surface area contributed by atoms with Crippen molar-refractivity contribution in [3.8, 4) is 28.8 Å². The largest absolute Gasteiger partial charge is 0.457 e. The molecule has 11 nitrogen and oxygen atoms in total. The molecule has 6 rings (SSSR count). The number of aromatic nitrogens is 4. The normalized spacial score (nSPS) is 17.9. The van der Waals surface area contributed by atoms with Crippen molar-refractivity contribution in [1.29, 1.82) is 5.26 Å². The van der Waals surface area contributed by atoms with Crippen LogP contribution >= 0.6 is 0 Å². The molecular formula is C33H36FN9O2. The molecule has 45 heavy (non-hydrogen) atoms. The molecule has 2 fully saturated rings. The Morgan fingerprint density at radius 1 is 1.16 bits per heavy atom. The van der Waals surface area contributed by atoms with Gasteiger partial charge in [0.15, 0.2) is 5.65 Å². The SMILES string of the molecule is CC(C)(/C=C(/C#N)C(=O)N1CCCC1Cn1nc(-c2ccc(Oc3ccccc3)cc2F)c2c(N)ncnc21)N1CCNCC1. The van der Waals surface area contributed by atoms with E-state index in [0.29, 0.717) is 41.3 Å². The molecule has 2 saturated heterocycles. The first-order chi connectivity index (χ1) is 21.7. The smallest absolute Gasteiger partial charge is 0.264 e. The van der Waals surface area contributed by atoms with Crippen molar-refractivity contribution in [3.63, 3.8) is 0 Å². The second kappa shape index (κ2) is 12.6. The van der Waals surface area contributed by atoms with Crippen molar-refractivity contribution in [2.45, 2.75) is 44.8 Å². The number of rotatable bonds is 8. The number of piperazine rings is 1. The molecule has 2 aromatic carbocycles. The third-order valence-corrected chi connectivity index (χ3v) is 8.54. The first-order valence-electron chi connectivity index (χ1n) is 15.1. The molecule has 232 valence electrons. The molecule has 0 radical (unpaired) electrons. The van der Waals surface area contributed by atoms with Gasteiger partial charge in [0.25, 0.3) is 5.91 Å². The van der Waals surface area contributed by atoms with Crippen molar-refractivity contribution >= 4 is 22.8 Å². The summed E-state index contributed by atoms with van der Waals surface area (Å²) in [6.07, 6.45) is 4.65. The van der Waals surface area contributed by atoms with Gasteiger partial charge in [0.2, 0.25) is 0 Å². The molecule has 2 aromatic heterocycles. The van der Waals surface area contributed by atoms with E-state index in [-0.39, 0.29) is 28.9 Å². The zero-order valence-electron chi connectivity index (χ0n) is 25.4. The molecule has 0 saturated carbocycles. The van der Waals surface area contributed by atoms with Gasteiger partial charge in [0.1, 0.15) is 46.8 Å². The predicted octanol–water partition coefficient (Wildman–Crippen LogP) is 4.13. The van der Waals surface area contributed by atoms with Crippen molar-refractivity contribution in [2.75, 3.05) is 38.5 Å². The highest BCUT2D eigenvalue weighted by molar-refractivity contribution is 5.99. The van der Waals surface area contributed by atoms with Crippen LogP contribution < -0.4 is 15.8 Å². The third kappa shape index (κ3) is 6.22. The van der Waals surface area contributed by atoms with Gasteiger partial charge in [-0.2, -0.15) is 10.4 Å². The van der Waals surface area contributed by atoms with Crippen molar-refractivity contribution < 1.29 is 13.9 Å². The Morgan fingerprint density at radius 2 is 1.93 bits per heavy atom. The van der Waals surface area contributed by atoms with Gasteiger partial charge in [-0.15, -0.1) is 0 Å². The summed E-state index contributed by atoms with van der Waals surface area (Å²) in [6, 6.07) is 15.6. The lowest BCUT2D eigenvalue weighted by Gasteiger charge is -2.39. The molecule has 2 aliphatic rings. The lowest BCUT2D eigenvalue weighted by atomic mass is 9.97. The van der Waals surface area contributed by atoms with Crippen LogP contribution in [0.25, 0.3) is 22.3 Å². The summed E-state index contributed by atoms with van der Waals surface area (Å²) in [4.78, 5) is 26.4. The minimum Gasteiger partial charge on any atom is -0.457 e. The van der Waals surface area contributed by atoms with E-state index in [1.165, 1.54) is 12.4 Å². The van der Waals surface area contributed by atoms with E-state index >= 15 is 4.39 Å². The van der Waals surface area contributed by atoms with Gasteiger partial charge < -0.3 is 20.7 Å². The number of nitrogens with two attached hydrogens (primary N) is 1. The van der Waals surface area contributed by atoms with Crippen LogP contribution in [0, 0.1) is 17.1 Å².